The summed E-state index contributed by atoms with van der Waals surface area (Å²) in [6, 6.07) is 6.09. The number of aliphatic hydroxyl groups excluding tert-OH is 1. The van der Waals surface area contributed by atoms with E-state index in [4.69, 9.17) is 5.11 Å². The van der Waals surface area contributed by atoms with Crippen molar-refractivity contribution in [2.24, 2.45) is 0 Å². The summed E-state index contributed by atoms with van der Waals surface area (Å²) in [6.45, 7) is 0.146. The average Bonchev–Trinajstić information content (AvgIpc) is 2.37. The van der Waals surface area contributed by atoms with E-state index < -0.39 is 12.1 Å². The number of hydrogen-bond acceptors (Lipinski definition) is 3. The highest BCUT2D eigenvalue weighted by Gasteiger charge is 2.13. The van der Waals surface area contributed by atoms with Gasteiger partial charge in [-0.3, -0.25) is 4.79 Å². The molecule has 0 saturated heterocycles. The van der Waals surface area contributed by atoms with Crippen LogP contribution in [0.3, 0.4) is 0 Å². The van der Waals surface area contributed by atoms with E-state index in [1.165, 1.54) is 24.0 Å². The molecule has 2 rings (SSSR count). The molecule has 0 bridgehead atoms. The first-order chi connectivity index (χ1) is 8.66. The minimum Gasteiger partial charge on any atom is -0.480 e. The molecule has 18 heavy (non-hydrogen) atoms. The van der Waals surface area contributed by atoms with Gasteiger partial charge in [-0.15, -0.1) is 0 Å². The Morgan fingerprint density at radius 2 is 2.00 bits per heavy atom. The van der Waals surface area contributed by atoms with Gasteiger partial charge in [0, 0.05) is 6.54 Å². The number of carbonyl (C=O) groups is 1. The molecule has 0 aromatic heterocycles. The zero-order valence-corrected chi connectivity index (χ0v) is 10.4. The summed E-state index contributed by atoms with van der Waals surface area (Å²) in [5.74, 6) is -0.910. The predicted molar refractivity (Wildman–Crippen MR) is 68.5 cm³/mol. The van der Waals surface area contributed by atoms with E-state index in [1.807, 2.05) is 6.07 Å². The molecule has 3 N–H and O–H groups in total. The van der Waals surface area contributed by atoms with Crippen molar-refractivity contribution < 1.29 is 15.0 Å². The largest absolute Gasteiger partial charge is 0.480 e. The topological polar surface area (TPSA) is 69.6 Å². The summed E-state index contributed by atoms with van der Waals surface area (Å²) < 4.78 is 0. The minimum absolute atomic E-state index is 0.123. The van der Waals surface area contributed by atoms with Crippen LogP contribution >= 0.6 is 0 Å². The number of carboxylic acids is 1. The maximum absolute atomic E-state index is 10.4. The van der Waals surface area contributed by atoms with Crippen molar-refractivity contribution in [3.63, 3.8) is 0 Å². The van der Waals surface area contributed by atoms with Crippen molar-refractivity contribution in [2.45, 2.75) is 31.8 Å². The summed E-state index contributed by atoms with van der Waals surface area (Å²) in [7, 11) is 0. The zero-order valence-electron chi connectivity index (χ0n) is 10.4. The maximum atomic E-state index is 10.4. The van der Waals surface area contributed by atoms with Crippen molar-refractivity contribution in [1.82, 2.24) is 5.32 Å². The zero-order chi connectivity index (χ0) is 13.0. The van der Waals surface area contributed by atoms with Crippen molar-refractivity contribution in [3.8, 4) is 0 Å². The van der Waals surface area contributed by atoms with Crippen molar-refractivity contribution in [1.29, 1.82) is 0 Å². The second kappa shape index (κ2) is 5.98. The van der Waals surface area contributed by atoms with Crippen LogP contribution in [0.2, 0.25) is 0 Å². The molecule has 1 unspecified atom stereocenters. The van der Waals surface area contributed by atoms with Gasteiger partial charge in [0.1, 0.15) is 0 Å². The lowest BCUT2D eigenvalue weighted by atomic mass is 9.89. The first-order valence-electron chi connectivity index (χ1n) is 6.39. The Hall–Kier alpha value is -1.39. The lowest BCUT2D eigenvalue weighted by Gasteiger charge is -2.18. The second-order valence-electron chi connectivity index (χ2n) is 4.78. The van der Waals surface area contributed by atoms with Crippen LogP contribution in [-0.2, 0) is 17.6 Å². The standard InChI is InChI=1S/C14H19NO3/c16-13(8-15-9-14(17)18)12-6-5-10-3-1-2-4-11(10)7-12/h5-7,13,15-16H,1-4,8-9H2,(H,17,18). The summed E-state index contributed by atoms with van der Waals surface area (Å²) >= 11 is 0. The Kier molecular flexibility index (Phi) is 4.33. The molecule has 4 nitrogen and oxygen atoms in total. The van der Waals surface area contributed by atoms with Crippen molar-refractivity contribution in [2.75, 3.05) is 13.1 Å². The minimum atomic E-state index is -0.910. The highest BCUT2D eigenvalue weighted by Crippen LogP contribution is 2.24. The molecule has 98 valence electrons. The van der Waals surface area contributed by atoms with Crippen LogP contribution in [-0.4, -0.2) is 29.3 Å². The maximum Gasteiger partial charge on any atom is 0.317 e. The van der Waals surface area contributed by atoms with Gasteiger partial charge in [0.15, 0.2) is 0 Å². The number of aliphatic carboxylic acids is 1. The lowest BCUT2D eigenvalue weighted by molar-refractivity contribution is -0.136. The van der Waals surface area contributed by atoms with Gasteiger partial charge >= 0.3 is 5.97 Å². The van der Waals surface area contributed by atoms with Gasteiger partial charge in [-0.2, -0.15) is 0 Å². The van der Waals surface area contributed by atoms with Gasteiger partial charge in [-0.1, -0.05) is 18.2 Å². The molecular formula is C14H19NO3. The van der Waals surface area contributed by atoms with Crippen LogP contribution in [0.1, 0.15) is 35.6 Å². The van der Waals surface area contributed by atoms with E-state index in [0.29, 0.717) is 0 Å². The van der Waals surface area contributed by atoms with E-state index in [9.17, 15) is 9.90 Å². The quantitative estimate of drug-likeness (QED) is 0.735. The van der Waals surface area contributed by atoms with E-state index in [-0.39, 0.29) is 13.1 Å². The molecular weight excluding hydrogens is 230 g/mol. The van der Waals surface area contributed by atoms with E-state index >= 15 is 0 Å². The highest BCUT2D eigenvalue weighted by molar-refractivity contribution is 5.68. The van der Waals surface area contributed by atoms with Crippen LogP contribution in [0.25, 0.3) is 0 Å². The average molecular weight is 249 g/mol. The van der Waals surface area contributed by atoms with Crippen LogP contribution in [0.5, 0.6) is 0 Å². The second-order valence-corrected chi connectivity index (χ2v) is 4.78. The van der Waals surface area contributed by atoms with Crippen LogP contribution < -0.4 is 5.32 Å². The number of hydrogen-bond donors (Lipinski definition) is 3. The van der Waals surface area contributed by atoms with Crippen molar-refractivity contribution in [3.05, 3.63) is 34.9 Å². The Morgan fingerprint density at radius 1 is 1.28 bits per heavy atom. The molecule has 1 aliphatic carbocycles. The van der Waals surface area contributed by atoms with E-state index in [2.05, 4.69) is 17.4 Å². The van der Waals surface area contributed by atoms with E-state index in [0.717, 1.165) is 18.4 Å². The van der Waals surface area contributed by atoms with Crippen LogP contribution in [0.15, 0.2) is 18.2 Å². The third kappa shape index (κ3) is 3.31. The van der Waals surface area contributed by atoms with Gasteiger partial charge in [0.2, 0.25) is 0 Å². The summed E-state index contributed by atoms with van der Waals surface area (Å²) in [6.07, 6.45) is 4.02. The van der Waals surface area contributed by atoms with Gasteiger partial charge in [-0.25, -0.2) is 0 Å². The molecule has 1 aliphatic rings. The van der Waals surface area contributed by atoms with E-state index in [1.54, 1.807) is 0 Å². The monoisotopic (exact) mass is 249 g/mol. The summed E-state index contributed by atoms with van der Waals surface area (Å²) in [5, 5.41) is 21.2. The Balaban J connectivity index is 1.97. The number of benzene rings is 1. The Bertz CT molecular complexity index is 431. The Labute approximate surface area is 107 Å². The fourth-order valence-electron chi connectivity index (χ4n) is 2.39. The first-order valence-corrected chi connectivity index (χ1v) is 6.39. The predicted octanol–water partition coefficient (Wildman–Crippen LogP) is 1.27. The number of carboxylic acid groups (broad SMARTS) is 1. The lowest BCUT2D eigenvalue weighted by Crippen LogP contribution is -2.27. The smallest absolute Gasteiger partial charge is 0.317 e. The van der Waals surface area contributed by atoms with Crippen LogP contribution in [0, 0.1) is 0 Å². The van der Waals surface area contributed by atoms with Crippen LogP contribution in [0.4, 0.5) is 0 Å². The molecule has 0 fully saturated rings. The first kappa shape index (κ1) is 13.1. The van der Waals surface area contributed by atoms with Gasteiger partial charge in [-0.05, 0) is 42.4 Å². The molecule has 1 aromatic rings. The summed E-state index contributed by atoms with van der Waals surface area (Å²) in [4.78, 5) is 10.4. The molecule has 4 heteroatoms. The number of nitrogens with one attached hydrogen (secondary N) is 1. The van der Waals surface area contributed by atoms with Gasteiger partial charge in [0.25, 0.3) is 0 Å². The molecule has 0 radical (unpaired) electrons. The summed E-state index contributed by atoms with van der Waals surface area (Å²) in [5.41, 5.74) is 3.58. The third-order valence-electron chi connectivity index (χ3n) is 3.37. The molecule has 0 aliphatic heterocycles. The third-order valence-corrected chi connectivity index (χ3v) is 3.37. The number of aryl methyl sites for hydroxylation is 2. The molecule has 0 amide bonds. The molecule has 1 atom stereocenters. The number of rotatable bonds is 5. The molecule has 0 heterocycles. The number of aliphatic hydroxyl groups is 1. The molecule has 0 spiro atoms. The fraction of sp³-hybridized carbons (Fsp3) is 0.500. The Morgan fingerprint density at radius 3 is 2.72 bits per heavy atom. The number of fused-ring (bicyclic) bond motifs is 1. The molecule has 1 aromatic carbocycles. The highest BCUT2D eigenvalue weighted by atomic mass is 16.4. The van der Waals surface area contributed by atoms with Gasteiger partial charge < -0.3 is 15.5 Å². The van der Waals surface area contributed by atoms with Gasteiger partial charge in [0.05, 0.1) is 12.6 Å². The molecule has 0 saturated carbocycles. The van der Waals surface area contributed by atoms with Crippen molar-refractivity contribution >= 4 is 5.97 Å². The SMILES string of the molecule is O=C(O)CNCC(O)c1ccc2c(c1)CCCC2. The fourth-order valence-corrected chi connectivity index (χ4v) is 2.39. The normalized spacial score (nSPS) is 16.1.